The second kappa shape index (κ2) is 8.67. The van der Waals surface area contributed by atoms with E-state index in [0.717, 1.165) is 48.7 Å². The van der Waals surface area contributed by atoms with Gasteiger partial charge in [0, 0.05) is 18.2 Å². The van der Waals surface area contributed by atoms with Crippen LogP contribution in [0, 0.1) is 13.8 Å². The lowest BCUT2D eigenvalue weighted by Gasteiger charge is -2.22. The molecule has 0 bridgehead atoms. The van der Waals surface area contributed by atoms with Gasteiger partial charge in [-0.15, -0.1) is 24.8 Å². The van der Waals surface area contributed by atoms with E-state index in [9.17, 15) is 4.79 Å². The molecule has 158 valence electrons. The molecule has 30 heavy (non-hydrogen) atoms. The number of nitrogens with one attached hydrogen (secondary N) is 1. The van der Waals surface area contributed by atoms with Crippen LogP contribution < -0.4 is 10.9 Å². The Bertz CT molecular complexity index is 1260. The van der Waals surface area contributed by atoms with Crippen molar-refractivity contribution in [1.29, 1.82) is 0 Å². The predicted molar refractivity (Wildman–Crippen MR) is 120 cm³/mol. The number of nitrogens with zero attached hydrogens (tertiary/aromatic N) is 6. The second-order valence-electron chi connectivity index (χ2n) is 7.35. The minimum absolute atomic E-state index is 0. The number of hydrogen-bond acceptors (Lipinski definition) is 6. The van der Waals surface area contributed by atoms with Crippen molar-refractivity contribution in [3.8, 4) is 11.4 Å². The van der Waals surface area contributed by atoms with Gasteiger partial charge in [0.25, 0.3) is 5.56 Å². The second-order valence-corrected chi connectivity index (χ2v) is 7.35. The highest BCUT2D eigenvalue weighted by Gasteiger charge is 2.19. The number of aryl methyl sites for hydroxylation is 2. The molecule has 1 aliphatic heterocycles. The van der Waals surface area contributed by atoms with Gasteiger partial charge in [-0.2, -0.15) is 5.10 Å². The van der Waals surface area contributed by atoms with Gasteiger partial charge in [0.15, 0.2) is 11.3 Å². The minimum Gasteiger partial charge on any atom is -0.317 e. The number of hydrogen-bond donors (Lipinski definition) is 1. The van der Waals surface area contributed by atoms with Crippen molar-refractivity contribution in [1.82, 2.24) is 34.3 Å². The first-order valence-corrected chi connectivity index (χ1v) is 9.53. The van der Waals surface area contributed by atoms with E-state index < -0.39 is 0 Å². The van der Waals surface area contributed by atoms with E-state index in [1.54, 1.807) is 8.92 Å². The van der Waals surface area contributed by atoms with Crippen molar-refractivity contribution >= 4 is 36.1 Å². The zero-order valence-electron chi connectivity index (χ0n) is 16.7. The molecule has 0 aliphatic carbocycles. The van der Waals surface area contributed by atoms with E-state index in [0.29, 0.717) is 23.0 Å². The molecule has 0 unspecified atom stereocenters. The molecule has 0 aromatic carbocycles. The van der Waals surface area contributed by atoms with Crippen molar-refractivity contribution < 1.29 is 0 Å². The molecule has 10 heteroatoms. The lowest BCUT2D eigenvalue weighted by Crippen LogP contribution is -2.28. The molecule has 1 N–H and O–H groups in total. The largest absolute Gasteiger partial charge is 0.317 e. The normalized spacial score (nSPS) is 14.5. The monoisotopic (exact) mass is 447 g/mol. The Balaban J connectivity index is 0.00000128. The zero-order chi connectivity index (χ0) is 19.3. The van der Waals surface area contributed by atoms with Gasteiger partial charge >= 0.3 is 0 Å². The lowest BCUT2D eigenvalue weighted by atomic mass is 9.95. The van der Waals surface area contributed by atoms with Gasteiger partial charge in [0.1, 0.15) is 5.69 Å². The summed E-state index contributed by atoms with van der Waals surface area (Å²) < 4.78 is 3.32. The van der Waals surface area contributed by atoms with Gasteiger partial charge in [-0.05, 0) is 51.9 Å². The predicted octanol–water partition coefficient (Wildman–Crippen LogP) is 2.73. The van der Waals surface area contributed by atoms with E-state index in [4.69, 9.17) is 9.97 Å². The molecule has 0 radical (unpaired) electrons. The average Bonchev–Trinajstić information content (AvgIpc) is 3.08. The van der Waals surface area contributed by atoms with E-state index in [-0.39, 0.29) is 30.4 Å². The van der Waals surface area contributed by atoms with Crippen molar-refractivity contribution in [2.24, 2.45) is 0 Å². The molecule has 0 spiro atoms. The molecule has 1 aliphatic rings. The Morgan fingerprint density at radius 3 is 2.53 bits per heavy atom. The summed E-state index contributed by atoms with van der Waals surface area (Å²) in [5.41, 5.74) is 5.01. The smallest absolute Gasteiger partial charge is 0.258 e. The zero-order valence-corrected chi connectivity index (χ0v) is 18.3. The molecule has 0 atom stereocenters. The number of imidazole rings is 1. The first-order valence-electron chi connectivity index (χ1n) is 9.53. The minimum atomic E-state index is -0.121. The molecule has 5 rings (SSSR count). The topological polar surface area (TPSA) is 89.5 Å². The Morgan fingerprint density at radius 2 is 1.77 bits per heavy atom. The van der Waals surface area contributed by atoms with Crippen LogP contribution in [-0.2, 0) is 0 Å². The maximum absolute atomic E-state index is 12.9. The number of aromatic nitrogens is 6. The molecular formula is C20H23Cl2N7O. The van der Waals surface area contributed by atoms with E-state index in [2.05, 4.69) is 15.4 Å². The highest BCUT2D eigenvalue weighted by Crippen LogP contribution is 2.24. The van der Waals surface area contributed by atoms with E-state index in [1.165, 1.54) is 6.07 Å². The average molecular weight is 448 g/mol. The van der Waals surface area contributed by atoms with Crippen LogP contribution in [0.25, 0.3) is 22.7 Å². The quantitative estimate of drug-likeness (QED) is 0.507. The van der Waals surface area contributed by atoms with E-state index in [1.807, 2.05) is 38.4 Å². The fourth-order valence-corrected chi connectivity index (χ4v) is 3.86. The van der Waals surface area contributed by atoms with Crippen LogP contribution in [0.5, 0.6) is 0 Å². The van der Waals surface area contributed by atoms with Crippen LogP contribution in [-0.4, -0.2) is 42.1 Å². The molecule has 1 fully saturated rings. The molecule has 1 saturated heterocycles. The SMILES string of the molecule is Cc1cn2nc(-c3cc(=O)n4cc(C5CCNCC5)nc(C)c4n3)ccc2n1.Cl.Cl. The van der Waals surface area contributed by atoms with Crippen LogP contribution in [0.4, 0.5) is 0 Å². The molecule has 5 heterocycles. The highest BCUT2D eigenvalue weighted by atomic mass is 35.5. The third-order valence-electron chi connectivity index (χ3n) is 5.29. The summed E-state index contributed by atoms with van der Waals surface area (Å²) in [6.07, 6.45) is 5.77. The maximum atomic E-state index is 12.9. The number of halogens is 2. The van der Waals surface area contributed by atoms with Crippen molar-refractivity contribution in [2.45, 2.75) is 32.6 Å². The third-order valence-corrected chi connectivity index (χ3v) is 5.29. The van der Waals surface area contributed by atoms with Gasteiger partial charge in [-0.1, -0.05) is 0 Å². The standard InChI is InChI=1S/C20H21N7O.2ClH/c1-12-10-27-18(22-12)4-3-15(25-27)16-9-19(28)26-11-17(14-5-7-21-8-6-14)23-13(2)20(26)24-16;;/h3-4,9-11,14,21H,5-8H2,1-2H3;2*1H. The third kappa shape index (κ3) is 3.90. The van der Waals surface area contributed by atoms with Gasteiger partial charge in [0.2, 0.25) is 0 Å². The van der Waals surface area contributed by atoms with Crippen LogP contribution in [0.1, 0.15) is 35.8 Å². The summed E-state index contributed by atoms with van der Waals surface area (Å²) >= 11 is 0. The summed E-state index contributed by atoms with van der Waals surface area (Å²) in [5.74, 6) is 0.379. The number of piperidine rings is 1. The van der Waals surface area contributed by atoms with Gasteiger partial charge < -0.3 is 5.32 Å². The van der Waals surface area contributed by atoms with Crippen molar-refractivity contribution in [3.63, 3.8) is 0 Å². The molecule has 4 aromatic heterocycles. The molecule has 0 saturated carbocycles. The first-order chi connectivity index (χ1) is 13.6. The Hall–Kier alpha value is -2.55. The maximum Gasteiger partial charge on any atom is 0.258 e. The Kier molecular flexibility index (Phi) is 6.40. The fraction of sp³-hybridized carbons (Fsp3) is 0.350. The number of fused-ring (bicyclic) bond motifs is 2. The van der Waals surface area contributed by atoms with Crippen molar-refractivity contribution in [3.05, 3.63) is 58.0 Å². The van der Waals surface area contributed by atoms with Gasteiger partial charge in [-0.3, -0.25) is 14.2 Å². The summed E-state index contributed by atoms with van der Waals surface area (Å²) in [5, 5.41) is 7.92. The molecule has 0 amide bonds. The molecule has 8 nitrogen and oxygen atoms in total. The summed E-state index contributed by atoms with van der Waals surface area (Å²) in [6, 6.07) is 5.26. The van der Waals surface area contributed by atoms with Crippen LogP contribution >= 0.6 is 24.8 Å². The van der Waals surface area contributed by atoms with Gasteiger partial charge in [0.05, 0.1) is 29.0 Å². The Morgan fingerprint density at radius 1 is 1.00 bits per heavy atom. The van der Waals surface area contributed by atoms with E-state index >= 15 is 0 Å². The lowest BCUT2D eigenvalue weighted by molar-refractivity contribution is 0.451. The fourth-order valence-electron chi connectivity index (χ4n) is 3.86. The van der Waals surface area contributed by atoms with Gasteiger partial charge in [-0.25, -0.2) is 14.5 Å². The highest BCUT2D eigenvalue weighted by molar-refractivity contribution is 5.85. The molecule has 4 aromatic rings. The summed E-state index contributed by atoms with van der Waals surface area (Å²) in [6.45, 7) is 5.80. The number of rotatable bonds is 2. The van der Waals surface area contributed by atoms with Crippen molar-refractivity contribution in [2.75, 3.05) is 13.1 Å². The van der Waals surface area contributed by atoms with Crippen LogP contribution in [0.3, 0.4) is 0 Å². The summed E-state index contributed by atoms with van der Waals surface area (Å²) in [7, 11) is 0. The summed E-state index contributed by atoms with van der Waals surface area (Å²) in [4.78, 5) is 26.7. The van der Waals surface area contributed by atoms with Crippen LogP contribution in [0.15, 0.2) is 35.4 Å². The van der Waals surface area contributed by atoms with Crippen LogP contribution in [0.2, 0.25) is 0 Å². The Labute approximate surface area is 185 Å². The molecular weight excluding hydrogens is 425 g/mol. The first kappa shape index (κ1) is 22.1.